The molecular weight excluding hydrogens is 246 g/mol. The van der Waals surface area contributed by atoms with E-state index in [1.165, 1.54) is 0 Å². The molecule has 0 spiro atoms. The van der Waals surface area contributed by atoms with Crippen LogP contribution < -0.4 is 0 Å². The Morgan fingerprint density at radius 3 is 2.75 bits per heavy atom. The highest BCUT2D eigenvalue weighted by Crippen LogP contribution is 2.24. The average molecular weight is 258 g/mol. The summed E-state index contributed by atoms with van der Waals surface area (Å²) in [6.07, 6.45) is 0. The monoisotopic (exact) mass is 257 g/mol. The van der Waals surface area contributed by atoms with E-state index in [0.717, 1.165) is 10.9 Å². The molecule has 86 valence electrons. The first kappa shape index (κ1) is 11.5. The molecule has 0 amide bonds. The molecule has 5 heteroatoms. The molecule has 1 aromatic heterocycles. The molecule has 1 N–H and O–H groups in total. The van der Waals surface area contributed by atoms with Crippen LogP contribution >= 0.6 is 11.6 Å². The molecule has 1 aromatic carbocycles. The number of benzene rings is 1. The predicted octanol–water partition coefficient (Wildman–Crippen LogP) is 2.76. The Kier molecular flexibility index (Phi) is 2.95. The first-order valence-electron chi connectivity index (χ1n) is 4.98. The van der Waals surface area contributed by atoms with E-state index in [1.54, 1.807) is 19.1 Å². The zero-order valence-electron chi connectivity index (χ0n) is 8.83. The minimum atomic E-state index is -3.01. The van der Waals surface area contributed by atoms with Crippen LogP contribution in [0.5, 0.6) is 0 Å². The fourth-order valence-electron chi connectivity index (χ4n) is 1.59. The molecule has 2 aromatic rings. The minimum absolute atomic E-state index is 0.0362. The molecule has 1 heterocycles. The quantitative estimate of drug-likeness (QED) is 0.919. The summed E-state index contributed by atoms with van der Waals surface area (Å²) in [4.78, 5) is 3.06. The normalized spacial score (nSPS) is 12.1. The molecule has 16 heavy (non-hydrogen) atoms. The molecule has 0 fully saturated rings. The van der Waals surface area contributed by atoms with Gasteiger partial charge in [-0.3, -0.25) is 0 Å². The van der Waals surface area contributed by atoms with Crippen molar-refractivity contribution >= 4 is 32.3 Å². The molecule has 0 unspecified atom stereocenters. The smallest absolute Gasteiger partial charge is 0.155 e. The van der Waals surface area contributed by atoms with Crippen LogP contribution in [-0.2, 0) is 15.6 Å². The van der Waals surface area contributed by atoms with Gasteiger partial charge < -0.3 is 4.98 Å². The SMILES string of the molecule is CCS(=O)(=O)Cc1cc2c(Cl)cccc2[nH]1. The maximum Gasteiger partial charge on any atom is 0.155 e. The number of H-pyrrole nitrogens is 1. The van der Waals surface area contributed by atoms with Gasteiger partial charge in [-0.05, 0) is 18.2 Å². The first-order valence-corrected chi connectivity index (χ1v) is 7.18. The van der Waals surface area contributed by atoms with Crippen LogP contribution in [0, 0.1) is 0 Å². The van der Waals surface area contributed by atoms with Crippen molar-refractivity contribution in [2.24, 2.45) is 0 Å². The van der Waals surface area contributed by atoms with Crippen LogP contribution in [0.2, 0.25) is 5.02 Å². The number of aromatic amines is 1. The van der Waals surface area contributed by atoms with Crippen molar-refractivity contribution in [1.29, 1.82) is 0 Å². The van der Waals surface area contributed by atoms with Crippen molar-refractivity contribution in [1.82, 2.24) is 4.98 Å². The van der Waals surface area contributed by atoms with E-state index in [0.29, 0.717) is 10.7 Å². The lowest BCUT2D eigenvalue weighted by molar-refractivity contribution is 0.596. The maximum atomic E-state index is 11.5. The second-order valence-electron chi connectivity index (χ2n) is 3.67. The molecular formula is C11H12ClNO2S. The van der Waals surface area contributed by atoms with Crippen LogP contribution in [0.15, 0.2) is 24.3 Å². The number of halogens is 1. The highest BCUT2D eigenvalue weighted by Gasteiger charge is 2.11. The molecule has 0 bridgehead atoms. The number of nitrogens with one attached hydrogen (secondary N) is 1. The largest absolute Gasteiger partial charge is 0.358 e. The summed E-state index contributed by atoms with van der Waals surface area (Å²) in [5.74, 6) is 0.185. The molecule has 0 aliphatic carbocycles. The fraction of sp³-hybridized carbons (Fsp3) is 0.273. The standard InChI is InChI=1S/C11H12ClNO2S/c1-2-16(14,15)7-8-6-9-10(12)4-3-5-11(9)13-8/h3-6,13H,2,7H2,1H3. The Labute approximate surface area is 99.3 Å². The average Bonchev–Trinajstić information content (AvgIpc) is 2.61. The molecule has 0 radical (unpaired) electrons. The molecule has 0 aliphatic rings. The van der Waals surface area contributed by atoms with Gasteiger partial charge in [-0.25, -0.2) is 8.42 Å². The summed E-state index contributed by atoms with van der Waals surface area (Å²) >= 11 is 6.01. The highest BCUT2D eigenvalue weighted by molar-refractivity contribution is 7.90. The van der Waals surface area contributed by atoms with Gasteiger partial charge in [0.05, 0.1) is 5.75 Å². The second-order valence-corrected chi connectivity index (χ2v) is 6.43. The predicted molar refractivity (Wildman–Crippen MR) is 66.5 cm³/mol. The minimum Gasteiger partial charge on any atom is -0.358 e. The molecule has 2 rings (SSSR count). The third-order valence-corrected chi connectivity index (χ3v) is 4.44. The van der Waals surface area contributed by atoms with E-state index in [-0.39, 0.29) is 11.5 Å². The summed E-state index contributed by atoms with van der Waals surface area (Å²) in [5, 5.41) is 1.50. The van der Waals surface area contributed by atoms with Crippen LogP contribution in [0.1, 0.15) is 12.6 Å². The van der Waals surface area contributed by atoms with Crippen LogP contribution in [0.25, 0.3) is 10.9 Å². The number of fused-ring (bicyclic) bond motifs is 1. The summed E-state index contributed by atoms with van der Waals surface area (Å²) in [6, 6.07) is 7.29. The van der Waals surface area contributed by atoms with Gasteiger partial charge in [-0.15, -0.1) is 0 Å². The lowest BCUT2D eigenvalue weighted by Crippen LogP contribution is -2.06. The zero-order chi connectivity index (χ0) is 11.8. The van der Waals surface area contributed by atoms with Crippen LogP contribution in [-0.4, -0.2) is 19.2 Å². The topological polar surface area (TPSA) is 49.9 Å². The molecule has 0 saturated heterocycles. The Hall–Kier alpha value is -1.00. The Morgan fingerprint density at radius 2 is 2.12 bits per heavy atom. The zero-order valence-corrected chi connectivity index (χ0v) is 10.4. The van der Waals surface area contributed by atoms with Crippen LogP contribution in [0.4, 0.5) is 0 Å². The van der Waals surface area contributed by atoms with Gasteiger partial charge in [0.2, 0.25) is 0 Å². The lowest BCUT2D eigenvalue weighted by atomic mass is 10.2. The number of rotatable bonds is 3. The molecule has 0 saturated carbocycles. The van der Waals surface area contributed by atoms with Gasteiger partial charge >= 0.3 is 0 Å². The highest BCUT2D eigenvalue weighted by atomic mass is 35.5. The summed E-state index contributed by atoms with van der Waals surface area (Å²) in [5.41, 5.74) is 1.55. The van der Waals surface area contributed by atoms with E-state index in [9.17, 15) is 8.42 Å². The van der Waals surface area contributed by atoms with Gasteiger partial charge in [0.15, 0.2) is 9.84 Å². The first-order chi connectivity index (χ1) is 7.52. The lowest BCUT2D eigenvalue weighted by Gasteiger charge is -1.97. The third-order valence-electron chi connectivity index (χ3n) is 2.48. The Morgan fingerprint density at radius 1 is 1.38 bits per heavy atom. The second kappa shape index (κ2) is 4.11. The number of sulfone groups is 1. The number of hydrogen-bond acceptors (Lipinski definition) is 2. The third kappa shape index (κ3) is 2.23. The van der Waals surface area contributed by atoms with E-state index in [1.807, 2.05) is 12.1 Å². The summed E-state index contributed by atoms with van der Waals surface area (Å²) < 4.78 is 23.0. The van der Waals surface area contributed by atoms with Gasteiger partial charge in [-0.2, -0.15) is 0 Å². The van der Waals surface area contributed by atoms with Crippen molar-refractivity contribution in [3.05, 3.63) is 35.0 Å². The van der Waals surface area contributed by atoms with Gasteiger partial charge in [-0.1, -0.05) is 24.6 Å². The van der Waals surface area contributed by atoms with E-state index in [4.69, 9.17) is 11.6 Å². The molecule has 0 atom stereocenters. The number of aromatic nitrogens is 1. The van der Waals surface area contributed by atoms with Crippen LogP contribution in [0.3, 0.4) is 0 Å². The van der Waals surface area contributed by atoms with E-state index >= 15 is 0 Å². The maximum absolute atomic E-state index is 11.5. The Balaban J connectivity index is 2.45. The molecule has 0 aliphatic heterocycles. The summed E-state index contributed by atoms with van der Waals surface area (Å²) in [7, 11) is -3.01. The van der Waals surface area contributed by atoms with Crippen molar-refractivity contribution in [2.75, 3.05) is 5.75 Å². The molecule has 3 nitrogen and oxygen atoms in total. The fourth-order valence-corrected chi connectivity index (χ4v) is 2.66. The Bertz CT molecular complexity index is 616. The number of hydrogen-bond donors (Lipinski definition) is 1. The van der Waals surface area contributed by atoms with Gasteiger partial charge in [0.25, 0.3) is 0 Å². The van der Waals surface area contributed by atoms with Gasteiger partial charge in [0.1, 0.15) is 0 Å². The van der Waals surface area contributed by atoms with Crippen molar-refractivity contribution in [3.8, 4) is 0 Å². The van der Waals surface area contributed by atoms with E-state index in [2.05, 4.69) is 4.98 Å². The van der Waals surface area contributed by atoms with Crippen molar-refractivity contribution in [2.45, 2.75) is 12.7 Å². The van der Waals surface area contributed by atoms with Crippen molar-refractivity contribution < 1.29 is 8.42 Å². The van der Waals surface area contributed by atoms with E-state index < -0.39 is 9.84 Å². The van der Waals surface area contributed by atoms with Crippen molar-refractivity contribution in [3.63, 3.8) is 0 Å². The van der Waals surface area contributed by atoms with Gasteiger partial charge in [0, 0.05) is 27.4 Å². The summed E-state index contributed by atoms with van der Waals surface area (Å²) in [6.45, 7) is 1.64.